The van der Waals surface area contributed by atoms with E-state index >= 15 is 0 Å². The van der Waals surface area contributed by atoms with Crippen LogP contribution in [0.4, 0.5) is 0 Å². The predicted molar refractivity (Wildman–Crippen MR) is 54.7 cm³/mol. The van der Waals surface area contributed by atoms with Crippen molar-refractivity contribution in [3.8, 4) is 0 Å². The van der Waals surface area contributed by atoms with E-state index in [0.717, 1.165) is 5.92 Å². The Hall–Kier alpha value is 0.440. The summed E-state index contributed by atoms with van der Waals surface area (Å²) in [5.74, 6) is 2.19. The maximum atomic E-state index is 2.44. The minimum Gasteiger partial charge on any atom is -0.0851 e. The fraction of sp³-hybridized carbons (Fsp3) is 0.778. The molecule has 1 fully saturated rings. The van der Waals surface area contributed by atoms with Gasteiger partial charge in [0.2, 0.25) is 0 Å². The molecule has 2 heteroatoms. The molecule has 0 atom stereocenters. The molecular formula is C9H14S2. The topological polar surface area (TPSA) is 0 Å². The summed E-state index contributed by atoms with van der Waals surface area (Å²) in [6.45, 7) is 0. The van der Waals surface area contributed by atoms with Crippen molar-refractivity contribution in [3.63, 3.8) is 0 Å². The molecule has 2 aliphatic rings. The van der Waals surface area contributed by atoms with Gasteiger partial charge in [-0.05, 0) is 23.7 Å². The van der Waals surface area contributed by atoms with Crippen molar-refractivity contribution in [1.82, 2.24) is 0 Å². The zero-order chi connectivity index (χ0) is 7.52. The smallest absolute Gasteiger partial charge is 0.0232 e. The Bertz CT molecular complexity index is 157. The summed E-state index contributed by atoms with van der Waals surface area (Å²) in [7, 11) is 4.03. The van der Waals surface area contributed by atoms with Crippen LogP contribution < -0.4 is 0 Å². The van der Waals surface area contributed by atoms with Crippen molar-refractivity contribution in [2.45, 2.75) is 32.1 Å². The Kier molecular flexibility index (Phi) is 2.86. The van der Waals surface area contributed by atoms with Gasteiger partial charge in [-0.2, -0.15) is 0 Å². The third-order valence-electron chi connectivity index (χ3n) is 2.52. The molecule has 0 radical (unpaired) electrons. The van der Waals surface area contributed by atoms with Crippen LogP contribution in [0.1, 0.15) is 32.1 Å². The first-order valence-corrected chi connectivity index (χ1v) is 6.78. The molecule has 0 N–H and O–H groups in total. The van der Waals surface area contributed by atoms with Gasteiger partial charge in [0.05, 0.1) is 0 Å². The summed E-state index contributed by atoms with van der Waals surface area (Å²) in [5, 5.41) is 0. The quantitative estimate of drug-likeness (QED) is 0.571. The van der Waals surface area contributed by atoms with E-state index in [1.165, 1.54) is 37.9 Å². The second-order valence-electron chi connectivity index (χ2n) is 3.31. The molecule has 1 saturated carbocycles. The van der Waals surface area contributed by atoms with Crippen LogP contribution in [-0.4, -0.2) is 5.75 Å². The first-order chi connectivity index (χ1) is 5.47. The third kappa shape index (κ3) is 1.97. The maximum absolute atomic E-state index is 2.44. The lowest BCUT2D eigenvalue weighted by molar-refractivity contribution is 0.415. The van der Waals surface area contributed by atoms with Crippen molar-refractivity contribution in [3.05, 3.63) is 11.0 Å². The average molecular weight is 186 g/mol. The molecule has 0 unspecified atom stereocenters. The van der Waals surface area contributed by atoms with E-state index in [-0.39, 0.29) is 0 Å². The van der Waals surface area contributed by atoms with Crippen molar-refractivity contribution in [2.24, 2.45) is 5.92 Å². The van der Waals surface area contributed by atoms with Crippen LogP contribution in [0.5, 0.6) is 0 Å². The molecule has 2 rings (SSSR count). The Balaban J connectivity index is 1.92. The molecule has 0 amide bonds. The fourth-order valence-corrected chi connectivity index (χ4v) is 4.38. The van der Waals surface area contributed by atoms with Crippen molar-refractivity contribution < 1.29 is 0 Å². The van der Waals surface area contributed by atoms with E-state index in [0.29, 0.717) is 0 Å². The lowest BCUT2D eigenvalue weighted by atomic mass is 9.89. The lowest BCUT2D eigenvalue weighted by Crippen LogP contribution is -2.05. The molecule has 0 bridgehead atoms. The van der Waals surface area contributed by atoms with Crippen molar-refractivity contribution >= 4 is 21.6 Å². The van der Waals surface area contributed by atoms with Crippen LogP contribution in [0.3, 0.4) is 0 Å². The maximum Gasteiger partial charge on any atom is 0.0232 e. The van der Waals surface area contributed by atoms with Gasteiger partial charge in [0.25, 0.3) is 0 Å². The summed E-state index contributed by atoms with van der Waals surface area (Å²) >= 11 is 0. The Morgan fingerprint density at radius 3 is 2.64 bits per heavy atom. The standard InChI is InChI=1S/C9H14S2/c1-2-4-8(5-3-1)9-6-7-10-11-9/h6,8H,1-5,7H2. The molecular weight excluding hydrogens is 172 g/mol. The molecule has 0 aromatic heterocycles. The fourth-order valence-electron chi connectivity index (χ4n) is 1.87. The highest BCUT2D eigenvalue weighted by molar-refractivity contribution is 8.78. The summed E-state index contributed by atoms with van der Waals surface area (Å²) in [5.41, 5.74) is 0. The minimum absolute atomic E-state index is 0.948. The largest absolute Gasteiger partial charge is 0.0851 e. The molecule has 62 valence electrons. The van der Waals surface area contributed by atoms with E-state index in [2.05, 4.69) is 6.08 Å². The molecule has 0 aromatic rings. The summed E-state index contributed by atoms with van der Waals surface area (Å²) in [4.78, 5) is 1.69. The van der Waals surface area contributed by atoms with Gasteiger partial charge in [-0.1, -0.05) is 46.9 Å². The van der Waals surface area contributed by atoms with Crippen LogP contribution in [0, 0.1) is 5.92 Å². The monoisotopic (exact) mass is 186 g/mol. The van der Waals surface area contributed by atoms with Gasteiger partial charge < -0.3 is 0 Å². The summed E-state index contributed by atoms with van der Waals surface area (Å²) in [6.07, 6.45) is 9.76. The van der Waals surface area contributed by atoms with E-state index < -0.39 is 0 Å². The van der Waals surface area contributed by atoms with Crippen LogP contribution in [0.2, 0.25) is 0 Å². The molecule has 1 aliphatic heterocycles. The lowest BCUT2D eigenvalue weighted by Gasteiger charge is -2.21. The van der Waals surface area contributed by atoms with Gasteiger partial charge >= 0.3 is 0 Å². The second-order valence-corrected chi connectivity index (χ2v) is 5.72. The van der Waals surface area contributed by atoms with E-state index in [4.69, 9.17) is 0 Å². The Morgan fingerprint density at radius 1 is 1.18 bits per heavy atom. The van der Waals surface area contributed by atoms with Crippen molar-refractivity contribution in [1.29, 1.82) is 0 Å². The predicted octanol–water partition coefficient (Wildman–Crippen LogP) is 3.85. The highest BCUT2D eigenvalue weighted by atomic mass is 33.1. The normalized spacial score (nSPS) is 27.1. The van der Waals surface area contributed by atoms with Gasteiger partial charge in [0.1, 0.15) is 0 Å². The molecule has 0 saturated heterocycles. The first-order valence-electron chi connectivity index (χ1n) is 4.46. The summed E-state index contributed by atoms with van der Waals surface area (Å²) < 4.78 is 0. The third-order valence-corrected chi connectivity index (χ3v) is 4.97. The summed E-state index contributed by atoms with van der Waals surface area (Å²) in [6, 6.07) is 0. The van der Waals surface area contributed by atoms with Gasteiger partial charge in [-0.15, -0.1) is 0 Å². The highest BCUT2D eigenvalue weighted by Crippen LogP contribution is 2.45. The number of rotatable bonds is 1. The van der Waals surface area contributed by atoms with E-state index in [9.17, 15) is 0 Å². The van der Waals surface area contributed by atoms with Crippen molar-refractivity contribution in [2.75, 3.05) is 5.75 Å². The second kappa shape index (κ2) is 3.90. The zero-order valence-electron chi connectivity index (χ0n) is 6.71. The highest BCUT2D eigenvalue weighted by Gasteiger charge is 2.20. The zero-order valence-corrected chi connectivity index (χ0v) is 8.35. The van der Waals surface area contributed by atoms with Crippen LogP contribution >= 0.6 is 21.6 Å². The van der Waals surface area contributed by atoms with Gasteiger partial charge in [0.15, 0.2) is 0 Å². The number of allylic oxidation sites excluding steroid dienone is 1. The molecule has 11 heavy (non-hydrogen) atoms. The molecule has 1 heterocycles. The Morgan fingerprint density at radius 2 is 2.00 bits per heavy atom. The average Bonchev–Trinajstić information content (AvgIpc) is 2.58. The van der Waals surface area contributed by atoms with Crippen LogP contribution in [0.15, 0.2) is 11.0 Å². The number of hydrogen-bond donors (Lipinski definition) is 0. The molecule has 0 aromatic carbocycles. The van der Waals surface area contributed by atoms with E-state index in [1.54, 1.807) is 4.91 Å². The van der Waals surface area contributed by atoms with Gasteiger partial charge in [-0.3, -0.25) is 0 Å². The SMILES string of the molecule is C1=C(C2CCCCC2)SSC1. The van der Waals surface area contributed by atoms with Crippen LogP contribution in [-0.2, 0) is 0 Å². The minimum atomic E-state index is 0.948. The Labute approximate surface area is 76.6 Å². The number of hydrogen-bond acceptors (Lipinski definition) is 2. The molecule has 1 aliphatic carbocycles. The first kappa shape index (κ1) is 8.06. The van der Waals surface area contributed by atoms with Gasteiger partial charge in [-0.25, -0.2) is 0 Å². The van der Waals surface area contributed by atoms with Gasteiger partial charge in [0, 0.05) is 5.75 Å². The van der Waals surface area contributed by atoms with Crippen LogP contribution in [0.25, 0.3) is 0 Å². The molecule has 0 spiro atoms. The van der Waals surface area contributed by atoms with E-state index in [1.807, 2.05) is 21.6 Å². The molecule has 0 nitrogen and oxygen atoms in total.